The van der Waals surface area contributed by atoms with Gasteiger partial charge in [0.05, 0.1) is 0 Å². The normalized spacial score (nSPS) is 10.5. The fourth-order valence-corrected chi connectivity index (χ4v) is 2.89. The minimum atomic E-state index is 0.493. The van der Waals surface area contributed by atoms with Gasteiger partial charge in [0.25, 0.3) is 0 Å². The third-order valence-electron chi connectivity index (χ3n) is 4.56. The number of nitrogens with one attached hydrogen (secondary N) is 1. The lowest BCUT2D eigenvalue weighted by atomic mass is 10.1. The quantitative estimate of drug-likeness (QED) is 0.568. The van der Waals surface area contributed by atoms with Gasteiger partial charge in [0.2, 0.25) is 0 Å². The molecule has 0 aliphatic heterocycles. The fourth-order valence-electron chi connectivity index (χ4n) is 2.89. The van der Waals surface area contributed by atoms with Crippen molar-refractivity contribution in [2.75, 3.05) is 18.5 Å². The van der Waals surface area contributed by atoms with Crippen LogP contribution in [0.25, 0.3) is 0 Å². The highest BCUT2D eigenvalue weighted by Crippen LogP contribution is 2.26. The molecule has 1 heterocycles. The lowest BCUT2D eigenvalue weighted by Gasteiger charge is -2.15. The molecule has 3 aromatic rings. The number of hydrogen-bond acceptors (Lipinski definition) is 4. The highest BCUT2D eigenvalue weighted by molar-refractivity contribution is 5.44. The van der Waals surface area contributed by atoms with Gasteiger partial charge in [-0.2, -0.15) is 0 Å². The molecule has 1 N–H and O–H groups in total. The van der Waals surface area contributed by atoms with Crippen LogP contribution >= 0.6 is 0 Å². The van der Waals surface area contributed by atoms with Crippen molar-refractivity contribution >= 4 is 5.82 Å². The predicted octanol–water partition coefficient (Wildman–Crippen LogP) is 5.08. The van der Waals surface area contributed by atoms with Crippen LogP contribution in [0.3, 0.4) is 0 Å². The Bertz CT molecular complexity index is 879. The highest BCUT2D eigenvalue weighted by Gasteiger charge is 2.07. The van der Waals surface area contributed by atoms with E-state index in [1.807, 2.05) is 36.4 Å². The van der Waals surface area contributed by atoms with E-state index in [0.29, 0.717) is 19.8 Å². The van der Waals surface area contributed by atoms with E-state index in [1.165, 1.54) is 11.1 Å². The van der Waals surface area contributed by atoms with Crippen LogP contribution in [0.2, 0.25) is 0 Å². The molecule has 0 saturated carbocycles. The summed E-state index contributed by atoms with van der Waals surface area (Å²) in [5.74, 6) is 2.67. The van der Waals surface area contributed by atoms with Crippen molar-refractivity contribution in [3.05, 3.63) is 83.0 Å². The van der Waals surface area contributed by atoms with Gasteiger partial charge in [-0.1, -0.05) is 36.4 Å². The Morgan fingerprint density at radius 3 is 2.37 bits per heavy atom. The first-order valence-electron chi connectivity index (χ1n) is 9.20. The number of anilines is 1. The highest BCUT2D eigenvalue weighted by atomic mass is 16.5. The van der Waals surface area contributed by atoms with Gasteiger partial charge in [-0.3, -0.25) is 0 Å². The summed E-state index contributed by atoms with van der Waals surface area (Å²) in [6.07, 6.45) is 1.78. The second kappa shape index (κ2) is 9.08. The number of aryl methyl sites for hydroxylation is 2. The molecule has 140 valence electrons. The summed E-state index contributed by atoms with van der Waals surface area (Å²) < 4.78 is 12.0. The van der Waals surface area contributed by atoms with Gasteiger partial charge in [-0.15, -0.1) is 0 Å². The van der Waals surface area contributed by atoms with Crippen molar-refractivity contribution in [1.29, 1.82) is 0 Å². The number of aromatic nitrogens is 1. The summed E-state index contributed by atoms with van der Waals surface area (Å²) in [6, 6.07) is 18.1. The summed E-state index contributed by atoms with van der Waals surface area (Å²) in [7, 11) is 0. The van der Waals surface area contributed by atoms with Gasteiger partial charge in [-0.05, 0) is 55.7 Å². The van der Waals surface area contributed by atoms with E-state index in [1.54, 1.807) is 6.20 Å². The van der Waals surface area contributed by atoms with Gasteiger partial charge in [0.15, 0.2) is 0 Å². The lowest BCUT2D eigenvalue weighted by molar-refractivity contribution is 0.214. The zero-order valence-electron chi connectivity index (χ0n) is 16.2. The van der Waals surface area contributed by atoms with Crippen molar-refractivity contribution in [1.82, 2.24) is 4.98 Å². The first kappa shape index (κ1) is 18.8. The topological polar surface area (TPSA) is 43.4 Å². The van der Waals surface area contributed by atoms with Crippen molar-refractivity contribution < 1.29 is 9.47 Å². The van der Waals surface area contributed by atoms with E-state index in [9.17, 15) is 0 Å². The second-order valence-electron chi connectivity index (χ2n) is 6.53. The Hall–Kier alpha value is -3.01. The predicted molar refractivity (Wildman–Crippen MR) is 110 cm³/mol. The Labute approximate surface area is 161 Å². The lowest BCUT2D eigenvalue weighted by Crippen LogP contribution is -2.12. The molecule has 1 aromatic heterocycles. The maximum absolute atomic E-state index is 5.99. The minimum absolute atomic E-state index is 0.493. The standard InChI is InChI=1S/C23H26N2O2/c1-17-11-12-18(2)23(19(17)3)27-15-14-26-21-9-5-4-8-20(21)16-25-22-10-6-7-13-24-22/h4-13H,14-16H2,1-3H3,(H,24,25). The van der Waals surface area contributed by atoms with Crippen LogP contribution in [0.1, 0.15) is 22.3 Å². The number of nitrogens with zero attached hydrogens (tertiary/aromatic N) is 1. The van der Waals surface area contributed by atoms with Crippen LogP contribution in [0.15, 0.2) is 60.8 Å². The smallest absolute Gasteiger partial charge is 0.126 e. The van der Waals surface area contributed by atoms with Crippen LogP contribution in [-0.4, -0.2) is 18.2 Å². The molecule has 0 saturated heterocycles. The van der Waals surface area contributed by atoms with E-state index < -0.39 is 0 Å². The molecule has 0 spiro atoms. The maximum Gasteiger partial charge on any atom is 0.126 e. The van der Waals surface area contributed by atoms with Crippen LogP contribution in [0.4, 0.5) is 5.82 Å². The fraction of sp³-hybridized carbons (Fsp3) is 0.261. The molecule has 4 heteroatoms. The number of rotatable bonds is 8. The zero-order chi connectivity index (χ0) is 19.1. The molecular formula is C23H26N2O2. The van der Waals surface area contributed by atoms with Gasteiger partial charge in [-0.25, -0.2) is 4.98 Å². The van der Waals surface area contributed by atoms with E-state index in [0.717, 1.165) is 28.4 Å². The van der Waals surface area contributed by atoms with Crippen molar-refractivity contribution in [2.45, 2.75) is 27.3 Å². The zero-order valence-corrected chi connectivity index (χ0v) is 16.2. The van der Waals surface area contributed by atoms with E-state index >= 15 is 0 Å². The largest absolute Gasteiger partial charge is 0.490 e. The molecular weight excluding hydrogens is 336 g/mol. The SMILES string of the molecule is Cc1ccc(C)c(OCCOc2ccccc2CNc2ccccn2)c1C. The number of benzene rings is 2. The third kappa shape index (κ3) is 5.00. The molecule has 0 radical (unpaired) electrons. The first-order valence-corrected chi connectivity index (χ1v) is 9.20. The number of hydrogen-bond donors (Lipinski definition) is 1. The van der Waals surface area contributed by atoms with Crippen LogP contribution in [-0.2, 0) is 6.54 Å². The van der Waals surface area contributed by atoms with E-state index in [4.69, 9.17) is 9.47 Å². The molecule has 0 aliphatic rings. The first-order chi connectivity index (χ1) is 13.1. The van der Waals surface area contributed by atoms with Crippen LogP contribution < -0.4 is 14.8 Å². The number of ether oxygens (including phenoxy) is 2. The minimum Gasteiger partial charge on any atom is -0.490 e. The van der Waals surface area contributed by atoms with E-state index in [-0.39, 0.29) is 0 Å². The van der Waals surface area contributed by atoms with Crippen molar-refractivity contribution in [3.8, 4) is 11.5 Å². The van der Waals surface area contributed by atoms with Crippen LogP contribution in [0.5, 0.6) is 11.5 Å². The third-order valence-corrected chi connectivity index (χ3v) is 4.56. The average Bonchev–Trinajstić information content (AvgIpc) is 2.70. The second-order valence-corrected chi connectivity index (χ2v) is 6.53. The molecule has 3 rings (SSSR count). The summed E-state index contributed by atoms with van der Waals surface area (Å²) in [5, 5.41) is 3.32. The Morgan fingerprint density at radius 2 is 1.56 bits per heavy atom. The molecule has 0 aliphatic carbocycles. The van der Waals surface area contributed by atoms with Gasteiger partial charge in [0.1, 0.15) is 30.5 Å². The van der Waals surface area contributed by atoms with Gasteiger partial charge >= 0.3 is 0 Å². The summed E-state index contributed by atoms with van der Waals surface area (Å²) in [6.45, 7) is 7.92. The van der Waals surface area contributed by atoms with E-state index in [2.05, 4.69) is 49.3 Å². The monoisotopic (exact) mass is 362 g/mol. The Morgan fingerprint density at radius 1 is 0.815 bits per heavy atom. The average molecular weight is 362 g/mol. The molecule has 2 aromatic carbocycles. The molecule has 0 atom stereocenters. The maximum atomic E-state index is 5.99. The molecule has 0 fully saturated rings. The van der Waals surface area contributed by atoms with Gasteiger partial charge < -0.3 is 14.8 Å². The van der Waals surface area contributed by atoms with Crippen molar-refractivity contribution in [2.24, 2.45) is 0 Å². The van der Waals surface area contributed by atoms with Gasteiger partial charge in [0, 0.05) is 18.3 Å². The molecule has 0 amide bonds. The summed E-state index contributed by atoms with van der Waals surface area (Å²) in [5.41, 5.74) is 4.67. The number of para-hydroxylation sites is 1. The Balaban J connectivity index is 1.55. The summed E-state index contributed by atoms with van der Waals surface area (Å²) in [4.78, 5) is 4.28. The molecule has 4 nitrogen and oxygen atoms in total. The molecule has 0 unspecified atom stereocenters. The van der Waals surface area contributed by atoms with Crippen molar-refractivity contribution in [3.63, 3.8) is 0 Å². The summed E-state index contributed by atoms with van der Waals surface area (Å²) >= 11 is 0. The molecule has 0 bridgehead atoms. The van der Waals surface area contributed by atoms with Crippen LogP contribution in [0, 0.1) is 20.8 Å². The molecule has 27 heavy (non-hydrogen) atoms. The Kier molecular flexibility index (Phi) is 6.31. The number of pyridine rings is 1.